The van der Waals surface area contributed by atoms with E-state index < -0.39 is 0 Å². The molecule has 0 spiro atoms. The van der Waals surface area contributed by atoms with E-state index in [0.29, 0.717) is 0 Å². The molecule has 0 fully saturated rings. The largest absolute Gasteiger partial charge is 0.346 e. The summed E-state index contributed by atoms with van der Waals surface area (Å²) in [5.41, 5.74) is 0. The third-order valence-electron chi connectivity index (χ3n) is 0. The molecule has 0 rings (SSSR count). The van der Waals surface area contributed by atoms with E-state index in [1.165, 1.54) is 0 Å². The second-order valence-electron chi connectivity index (χ2n) is 0. The Bertz CT molecular complexity index is 4.14. The van der Waals surface area contributed by atoms with Gasteiger partial charge in [0, 0.05) is 32.7 Å². The Kier molecular flexibility index (Phi) is 1320. The maximum Gasteiger partial charge on any atom is 0 e. The topological polar surface area (TPSA) is 0 Å². The molecule has 47 valence electrons. The minimum atomic E-state index is 0. The van der Waals surface area contributed by atoms with Gasteiger partial charge in [0.1, 0.15) is 0 Å². The Labute approximate surface area is 75.0 Å². The van der Waals surface area contributed by atoms with E-state index >= 15 is 0 Å². The fraction of sp³-hybridized carbons (Fsp3) is 0.667. The third-order valence-corrected chi connectivity index (χ3v) is 0. The molecular weight excluding hydrogens is 161 g/mol. The normalized spacial score (nSPS) is 1.71. The Morgan fingerprint density at radius 2 is 0.714 bits per heavy atom. The molecule has 0 atom stereocenters. The Morgan fingerprint density at radius 1 is 0.714 bits per heavy atom. The van der Waals surface area contributed by atoms with Gasteiger partial charge in [-0.3, -0.25) is 0 Å². The molecule has 0 unspecified atom stereocenters. The predicted molar refractivity (Wildman–Crippen MR) is 35.5 cm³/mol. The van der Waals surface area contributed by atoms with Gasteiger partial charge in [-0.1, -0.05) is 14.9 Å². The van der Waals surface area contributed by atoms with Crippen molar-refractivity contribution in [1.29, 1.82) is 0 Å². The van der Waals surface area contributed by atoms with Gasteiger partial charge in [0.25, 0.3) is 0 Å². The summed E-state index contributed by atoms with van der Waals surface area (Å²) in [5, 5.41) is 0. The van der Waals surface area contributed by atoms with E-state index in [9.17, 15) is 0 Å². The van der Waals surface area contributed by atoms with Gasteiger partial charge >= 0.3 is 0 Å². The molecule has 0 amide bonds. The van der Waals surface area contributed by atoms with Crippen molar-refractivity contribution in [2.24, 2.45) is 0 Å². The van der Waals surface area contributed by atoms with Gasteiger partial charge in [0.15, 0.2) is 0 Å². The molecule has 0 saturated carbocycles. The number of hydrogen-bond donors (Lipinski definition) is 0. The fourth-order valence-electron chi connectivity index (χ4n) is 0. The zero-order chi connectivity index (χ0) is 4.00. The van der Waals surface area contributed by atoms with Gasteiger partial charge in [-0.25, -0.2) is 0 Å². The second kappa shape index (κ2) is 217. The maximum atomic E-state index is 3.25. The second-order valence-corrected chi connectivity index (χ2v) is 0. The van der Waals surface area contributed by atoms with Crippen molar-refractivity contribution in [3.8, 4) is 0 Å². The molecule has 0 heterocycles. The van der Waals surface area contributed by atoms with Crippen LogP contribution >= 0.6 is 0 Å². The van der Waals surface area contributed by atoms with Gasteiger partial charge in [-0.2, -0.15) is 13.8 Å². The van der Waals surface area contributed by atoms with Crippen LogP contribution in [-0.2, 0) is 32.7 Å². The third kappa shape index (κ3) is 152. The zero-order valence-corrected chi connectivity index (χ0v) is 6.83. The summed E-state index contributed by atoms with van der Waals surface area (Å²) in [7, 11) is 0. The summed E-state index contributed by atoms with van der Waals surface area (Å²) in [6.45, 7) is 10.0. The number of hydrogen-bond acceptors (Lipinski definition) is 0. The summed E-state index contributed by atoms with van der Waals surface area (Å²) in [6, 6.07) is 0. The smallest absolute Gasteiger partial charge is 0 e. The van der Waals surface area contributed by atoms with E-state index in [0.717, 1.165) is 0 Å². The molecule has 0 bridgehead atoms. The summed E-state index contributed by atoms with van der Waals surface area (Å²) in [5.74, 6) is 0. The van der Waals surface area contributed by atoms with E-state index in [4.69, 9.17) is 0 Å². The van der Waals surface area contributed by atoms with E-state index in [-0.39, 0.29) is 47.6 Å². The van der Waals surface area contributed by atoms with Crippen LogP contribution < -0.4 is 0 Å². The fourth-order valence-corrected chi connectivity index (χ4v) is 0. The van der Waals surface area contributed by atoms with Crippen molar-refractivity contribution in [2.75, 3.05) is 0 Å². The Hall–Kier alpha value is 1.10. The summed E-state index contributed by atoms with van der Waals surface area (Å²) >= 11 is 0. The van der Waals surface area contributed by atoms with Crippen LogP contribution in [-0.4, -0.2) is 0 Å². The van der Waals surface area contributed by atoms with E-state index in [2.05, 4.69) is 13.8 Å². The minimum Gasteiger partial charge on any atom is -0.346 e. The number of rotatable bonds is 0. The molecule has 0 aromatic carbocycles. The first-order chi connectivity index (χ1) is 2.00. The standard InChI is InChI=1S/2C2H5.2CH4.Y/c2*1-2;;;/h2*1H2,2H3;2*1H4;/q2*-1;;;. The zero-order valence-electron chi connectivity index (χ0n) is 3.99. The maximum absolute atomic E-state index is 3.25. The molecule has 0 aliphatic rings. The Balaban J connectivity index is -0.00000000267. The van der Waals surface area contributed by atoms with Crippen LogP contribution in [0.2, 0.25) is 0 Å². The molecule has 0 aliphatic heterocycles. The molecule has 1 radical (unpaired) electrons. The first-order valence-electron chi connectivity index (χ1n) is 1.41. The van der Waals surface area contributed by atoms with Crippen molar-refractivity contribution < 1.29 is 32.7 Å². The molecule has 0 saturated heterocycles. The average molecular weight is 179 g/mol. The molecule has 1 heteroatoms. The van der Waals surface area contributed by atoms with Gasteiger partial charge < -0.3 is 13.8 Å². The quantitative estimate of drug-likeness (QED) is 0.501. The molecule has 0 N–H and O–H groups in total. The van der Waals surface area contributed by atoms with Crippen LogP contribution in [0.1, 0.15) is 28.7 Å². The summed E-state index contributed by atoms with van der Waals surface area (Å²) in [6.07, 6.45) is 0. The molecule has 0 nitrogen and oxygen atoms in total. The van der Waals surface area contributed by atoms with Crippen LogP contribution in [0.25, 0.3) is 0 Å². The van der Waals surface area contributed by atoms with Gasteiger partial charge in [-0.05, 0) is 0 Å². The SMILES string of the molecule is C.C.[CH2-]C.[CH2-]C.[Y]. The average Bonchev–Trinajstić information content (AvgIpc) is 1.50. The monoisotopic (exact) mass is 179 g/mol. The van der Waals surface area contributed by atoms with E-state index in [1.54, 1.807) is 13.8 Å². The van der Waals surface area contributed by atoms with Gasteiger partial charge in [-0.15, -0.1) is 0 Å². The van der Waals surface area contributed by atoms with Crippen molar-refractivity contribution in [1.82, 2.24) is 0 Å². The predicted octanol–water partition coefficient (Wildman–Crippen LogP) is 2.95. The molecule has 0 aromatic rings. The molecular formula is C6H18Y-2. The Morgan fingerprint density at radius 3 is 0.714 bits per heavy atom. The first kappa shape index (κ1) is 42.4. The minimum absolute atomic E-state index is 0. The van der Waals surface area contributed by atoms with Crippen LogP contribution in [0.3, 0.4) is 0 Å². The first-order valence-corrected chi connectivity index (χ1v) is 1.41. The van der Waals surface area contributed by atoms with Crippen LogP contribution in [0, 0.1) is 13.8 Å². The summed E-state index contributed by atoms with van der Waals surface area (Å²) in [4.78, 5) is 0. The van der Waals surface area contributed by atoms with Crippen LogP contribution in [0.4, 0.5) is 0 Å². The van der Waals surface area contributed by atoms with Gasteiger partial charge in [0.2, 0.25) is 0 Å². The van der Waals surface area contributed by atoms with Crippen molar-refractivity contribution in [2.45, 2.75) is 28.7 Å². The van der Waals surface area contributed by atoms with Crippen LogP contribution in [0.15, 0.2) is 0 Å². The van der Waals surface area contributed by atoms with Crippen molar-refractivity contribution >= 4 is 0 Å². The molecule has 7 heavy (non-hydrogen) atoms. The van der Waals surface area contributed by atoms with Crippen molar-refractivity contribution in [3.05, 3.63) is 13.8 Å². The molecule has 0 aromatic heterocycles. The van der Waals surface area contributed by atoms with E-state index in [1.807, 2.05) is 0 Å². The van der Waals surface area contributed by atoms with Gasteiger partial charge in [0.05, 0.1) is 0 Å². The van der Waals surface area contributed by atoms with Crippen molar-refractivity contribution in [3.63, 3.8) is 0 Å². The van der Waals surface area contributed by atoms with Crippen LogP contribution in [0.5, 0.6) is 0 Å². The summed E-state index contributed by atoms with van der Waals surface area (Å²) < 4.78 is 0. The molecule has 0 aliphatic carbocycles.